The molecule has 2 aromatic rings. The summed E-state index contributed by atoms with van der Waals surface area (Å²) in [5, 5.41) is 22.4. The Morgan fingerprint density at radius 2 is 2.00 bits per heavy atom. The van der Waals surface area contributed by atoms with E-state index in [1.807, 2.05) is 13.0 Å². The van der Waals surface area contributed by atoms with E-state index in [2.05, 4.69) is 33.4 Å². The fourth-order valence-electron chi connectivity index (χ4n) is 3.56. The standard InChI is InChI=1S/C21H28N4O2/c1-13(12-26)22-21-23-19(15-3-4-15)10-20(24-21)25-8-7-17-9-16(14(2)27)5-6-18(17)11-25/h5-6,9-10,13-15,26-27H,3-4,7-8,11-12H2,1-2H3,(H,22,23,24)/t13-,14-/m1/s1. The van der Waals surface area contributed by atoms with E-state index in [0.29, 0.717) is 11.9 Å². The molecule has 2 heterocycles. The van der Waals surface area contributed by atoms with Gasteiger partial charge >= 0.3 is 0 Å². The Labute approximate surface area is 160 Å². The number of aromatic nitrogens is 2. The van der Waals surface area contributed by atoms with Gasteiger partial charge in [-0.3, -0.25) is 0 Å². The Balaban J connectivity index is 1.59. The van der Waals surface area contributed by atoms with E-state index in [1.54, 1.807) is 6.92 Å². The number of aliphatic hydroxyl groups is 2. The van der Waals surface area contributed by atoms with Gasteiger partial charge in [-0.05, 0) is 49.8 Å². The largest absolute Gasteiger partial charge is 0.394 e. The molecule has 0 spiro atoms. The monoisotopic (exact) mass is 368 g/mol. The van der Waals surface area contributed by atoms with Crippen LogP contribution in [0.2, 0.25) is 0 Å². The summed E-state index contributed by atoms with van der Waals surface area (Å²) in [7, 11) is 0. The number of anilines is 2. The number of hydrogen-bond donors (Lipinski definition) is 3. The predicted molar refractivity (Wildman–Crippen MR) is 106 cm³/mol. The number of rotatable bonds is 6. The maximum absolute atomic E-state index is 9.81. The van der Waals surface area contributed by atoms with Crippen molar-refractivity contribution in [2.45, 2.75) is 57.7 Å². The third-order valence-corrected chi connectivity index (χ3v) is 5.43. The lowest BCUT2D eigenvalue weighted by Gasteiger charge is -2.31. The van der Waals surface area contributed by atoms with Gasteiger partial charge in [-0.1, -0.05) is 18.2 Å². The van der Waals surface area contributed by atoms with E-state index < -0.39 is 6.10 Å². The second-order valence-electron chi connectivity index (χ2n) is 7.85. The summed E-state index contributed by atoms with van der Waals surface area (Å²) in [5.74, 6) is 2.10. The first-order valence-corrected chi connectivity index (χ1v) is 9.84. The molecule has 144 valence electrons. The highest BCUT2D eigenvalue weighted by atomic mass is 16.3. The van der Waals surface area contributed by atoms with Crippen molar-refractivity contribution in [1.29, 1.82) is 0 Å². The lowest BCUT2D eigenvalue weighted by Crippen LogP contribution is -2.32. The van der Waals surface area contributed by atoms with Crippen molar-refractivity contribution < 1.29 is 10.2 Å². The molecule has 1 aliphatic heterocycles. The van der Waals surface area contributed by atoms with Crippen molar-refractivity contribution in [1.82, 2.24) is 9.97 Å². The molecule has 0 saturated heterocycles. The third-order valence-electron chi connectivity index (χ3n) is 5.43. The van der Waals surface area contributed by atoms with Gasteiger partial charge in [0.05, 0.1) is 18.4 Å². The predicted octanol–water partition coefficient (Wildman–Crippen LogP) is 2.76. The minimum Gasteiger partial charge on any atom is -0.394 e. The SMILES string of the molecule is C[C@H](CO)Nc1nc(C2CC2)cc(N2CCc3cc([C@@H](C)O)ccc3C2)n1. The summed E-state index contributed by atoms with van der Waals surface area (Å²) < 4.78 is 0. The van der Waals surface area contributed by atoms with E-state index in [-0.39, 0.29) is 12.6 Å². The molecule has 0 unspecified atom stereocenters. The lowest BCUT2D eigenvalue weighted by atomic mass is 9.96. The van der Waals surface area contributed by atoms with Gasteiger partial charge in [0.2, 0.25) is 5.95 Å². The first-order chi connectivity index (χ1) is 13.0. The van der Waals surface area contributed by atoms with Crippen molar-refractivity contribution in [3.8, 4) is 0 Å². The normalized spacial score (nSPS) is 18.7. The van der Waals surface area contributed by atoms with Crippen molar-refractivity contribution in [2.24, 2.45) is 0 Å². The number of nitrogens with zero attached hydrogens (tertiary/aromatic N) is 3. The second-order valence-corrected chi connectivity index (χ2v) is 7.85. The van der Waals surface area contributed by atoms with Gasteiger partial charge in [0.25, 0.3) is 0 Å². The van der Waals surface area contributed by atoms with Gasteiger partial charge in [0.15, 0.2) is 0 Å². The molecular formula is C21H28N4O2. The zero-order valence-corrected chi connectivity index (χ0v) is 16.0. The Bertz CT molecular complexity index is 820. The molecule has 27 heavy (non-hydrogen) atoms. The molecule has 1 aliphatic carbocycles. The molecule has 0 amide bonds. The average Bonchev–Trinajstić information content (AvgIpc) is 3.52. The molecule has 2 atom stereocenters. The quantitative estimate of drug-likeness (QED) is 0.727. The molecule has 1 aromatic carbocycles. The van der Waals surface area contributed by atoms with Gasteiger partial charge in [0, 0.05) is 31.1 Å². The average molecular weight is 368 g/mol. The molecule has 4 rings (SSSR count). The molecule has 0 radical (unpaired) electrons. The van der Waals surface area contributed by atoms with Crippen LogP contribution in [0.5, 0.6) is 0 Å². The Morgan fingerprint density at radius 1 is 1.19 bits per heavy atom. The highest BCUT2D eigenvalue weighted by Gasteiger charge is 2.28. The van der Waals surface area contributed by atoms with Crippen molar-refractivity contribution >= 4 is 11.8 Å². The van der Waals surface area contributed by atoms with E-state index >= 15 is 0 Å². The van der Waals surface area contributed by atoms with Gasteiger partial charge in [0.1, 0.15) is 5.82 Å². The summed E-state index contributed by atoms with van der Waals surface area (Å²) in [6.07, 6.45) is 2.89. The summed E-state index contributed by atoms with van der Waals surface area (Å²) in [6, 6.07) is 8.32. The van der Waals surface area contributed by atoms with Crippen LogP contribution in [0, 0.1) is 0 Å². The molecular weight excluding hydrogens is 340 g/mol. The molecule has 1 fully saturated rings. The molecule has 1 saturated carbocycles. The molecule has 1 aromatic heterocycles. The van der Waals surface area contributed by atoms with Gasteiger partial charge < -0.3 is 20.4 Å². The Hall–Kier alpha value is -2.18. The van der Waals surface area contributed by atoms with Crippen LogP contribution in [-0.2, 0) is 13.0 Å². The second kappa shape index (κ2) is 7.44. The van der Waals surface area contributed by atoms with Crippen LogP contribution >= 0.6 is 0 Å². The van der Waals surface area contributed by atoms with E-state index in [9.17, 15) is 10.2 Å². The molecule has 3 N–H and O–H groups in total. The molecule has 0 bridgehead atoms. The topological polar surface area (TPSA) is 81.5 Å². The smallest absolute Gasteiger partial charge is 0.225 e. The van der Waals surface area contributed by atoms with Crippen LogP contribution in [0.15, 0.2) is 24.3 Å². The van der Waals surface area contributed by atoms with Crippen LogP contribution in [-0.4, -0.2) is 39.4 Å². The van der Waals surface area contributed by atoms with Crippen LogP contribution in [0.3, 0.4) is 0 Å². The number of fused-ring (bicyclic) bond motifs is 1. The van der Waals surface area contributed by atoms with E-state index in [1.165, 1.54) is 24.0 Å². The minimum absolute atomic E-state index is 0.0506. The fourth-order valence-corrected chi connectivity index (χ4v) is 3.56. The molecule has 2 aliphatic rings. The van der Waals surface area contributed by atoms with Crippen LogP contribution in [0.4, 0.5) is 11.8 Å². The molecule has 6 nitrogen and oxygen atoms in total. The Kier molecular flexibility index (Phi) is 5.02. The third kappa shape index (κ3) is 4.06. The number of aliphatic hydroxyl groups excluding tert-OH is 2. The fraction of sp³-hybridized carbons (Fsp3) is 0.524. The van der Waals surface area contributed by atoms with Gasteiger partial charge in [-0.15, -0.1) is 0 Å². The van der Waals surface area contributed by atoms with Gasteiger partial charge in [-0.2, -0.15) is 4.98 Å². The van der Waals surface area contributed by atoms with Gasteiger partial charge in [-0.25, -0.2) is 4.98 Å². The summed E-state index contributed by atoms with van der Waals surface area (Å²) in [6.45, 7) is 5.48. The summed E-state index contributed by atoms with van der Waals surface area (Å²) in [4.78, 5) is 11.7. The first-order valence-electron chi connectivity index (χ1n) is 9.84. The van der Waals surface area contributed by atoms with Crippen molar-refractivity contribution in [2.75, 3.05) is 23.4 Å². The highest BCUT2D eigenvalue weighted by molar-refractivity contribution is 5.50. The zero-order valence-electron chi connectivity index (χ0n) is 16.0. The maximum atomic E-state index is 9.81. The first kappa shape index (κ1) is 18.2. The Morgan fingerprint density at radius 3 is 2.70 bits per heavy atom. The van der Waals surface area contributed by atoms with E-state index in [4.69, 9.17) is 4.98 Å². The lowest BCUT2D eigenvalue weighted by molar-refractivity contribution is 0.199. The van der Waals surface area contributed by atoms with Crippen LogP contribution in [0.25, 0.3) is 0 Å². The number of benzene rings is 1. The zero-order chi connectivity index (χ0) is 19.0. The van der Waals surface area contributed by atoms with Crippen molar-refractivity contribution in [3.63, 3.8) is 0 Å². The summed E-state index contributed by atoms with van der Waals surface area (Å²) in [5.41, 5.74) is 4.68. The minimum atomic E-state index is -0.432. The van der Waals surface area contributed by atoms with Crippen LogP contribution in [0.1, 0.15) is 61.1 Å². The number of hydrogen-bond acceptors (Lipinski definition) is 6. The highest BCUT2D eigenvalue weighted by Crippen LogP contribution is 2.40. The van der Waals surface area contributed by atoms with Crippen molar-refractivity contribution in [3.05, 3.63) is 46.6 Å². The number of nitrogens with one attached hydrogen (secondary N) is 1. The molecule has 6 heteroatoms. The maximum Gasteiger partial charge on any atom is 0.225 e. The van der Waals surface area contributed by atoms with Crippen LogP contribution < -0.4 is 10.2 Å². The van der Waals surface area contributed by atoms with E-state index in [0.717, 1.165) is 36.6 Å². The summed E-state index contributed by atoms with van der Waals surface area (Å²) >= 11 is 0.